The van der Waals surface area contributed by atoms with E-state index in [0.717, 1.165) is 0 Å². The number of rotatable bonds is 3. The number of hydrogen-bond donors (Lipinski definition) is 1. The first-order valence-electron chi connectivity index (χ1n) is 8.31. The topological polar surface area (TPSA) is 61.9 Å². The molecular formula is C18H22FN3O3. The van der Waals surface area contributed by atoms with E-state index in [-0.39, 0.29) is 24.2 Å². The Morgan fingerprint density at radius 1 is 1.32 bits per heavy atom. The van der Waals surface area contributed by atoms with Gasteiger partial charge in [0.15, 0.2) is 5.60 Å². The summed E-state index contributed by atoms with van der Waals surface area (Å²) in [6.45, 7) is 2.08. The van der Waals surface area contributed by atoms with Gasteiger partial charge in [0.2, 0.25) is 5.91 Å². The molecule has 7 heteroatoms. The molecule has 2 aliphatic rings. The Labute approximate surface area is 146 Å². The summed E-state index contributed by atoms with van der Waals surface area (Å²) in [7, 11) is 1.75. The fourth-order valence-corrected chi connectivity index (χ4v) is 3.21. The van der Waals surface area contributed by atoms with Crippen molar-refractivity contribution in [3.8, 4) is 0 Å². The van der Waals surface area contributed by atoms with Crippen molar-refractivity contribution < 1.29 is 18.7 Å². The lowest BCUT2D eigenvalue weighted by Crippen LogP contribution is -2.60. The molecule has 2 amide bonds. The zero-order valence-corrected chi connectivity index (χ0v) is 14.2. The lowest BCUT2D eigenvalue weighted by atomic mass is 9.95. The average Bonchev–Trinajstić information content (AvgIpc) is 2.71. The van der Waals surface area contributed by atoms with Crippen molar-refractivity contribution in [2.45, 2.75) is 12.0 Å². The number of ether oxygens (including phenoxy) is 1. The van der Waals surface area contributed by atoms with Gasteiger partial charge in [-0.25, -0.2) is 4.39 Å². The predicted octanol–water partition coefficient (Wildman–Crippen LogP) is 1.25. The second kappa shape index (κ2) is 7.33. The Morgan fingerprint density at radius 3 is 2.84 bits per heavy atom. The fraction of sp³-hybridized carbons (Fsp3) is 0.444. The predicted molar refractivity (Wildman–Crippen MR) is 91.5 cm³/mol. The minimum absolute atomic E-state index is 0.0545. The molecule has 25 heavy (non-hydrogen) atoms. The molecule has 1 saturated heterocycles. The zero-order chi connectivity index (χ0) is 17.9. The summed E-state index contributed by atoms with van der Waals surface area (Å²) < 4.78 is 18.8. The van der Waals surface area contributed by atoms with Gasteiger partial charge in [-0.3, -0.25) is 14.5 Å². The summed E-state index contributed by atoms with van der Waals surface area (Å²) in [5.74, 6) is -0.605. The summed E-state index contributed by atoms with van der Waals surface area (Å²) in [6, 6.07) is 5.63. The summed E-state index contributed by atoms with van der Waals surface area (Å²) in [5.41, 5.74) is -0.376. The molecule has 1 fully saturated rings. The molecule has 1 atom stereocenters. The largest absolute Gasteiger partial charge is 0.362 e. The molecule has 2 aliphatic heterocycles. The maximum atomic E-state index is 12.9. The fourth-order valence-electron chi connectivity index (χ4n) is 3.21. The van der Waals surface area contributed by atoms with Crippen LogP contribution in [0.15, 0.2) is 36.4 Å². The number of likely N-dealkylation sites (N-methyl/N-ethyl adjacent to an activating group) is 1. The second-order valence-corrected chi connectivity index (χ2v) is 6.47. The quantitative estimate of drug-likeness (QED) is 0.836. The van der Waals surface area contributed by atoms with Crippen molar-refractivity contribution in [1.29, 1.82) is 0 Å². The Kier molecular flexibility index (Phi) is 5.15. The van der Waals surface area contributed by atoms with Gasteiger partial charge in [0.25, 0.3) is 5.91 Å². The monoisotopic (exact) mass is 347 g/mol. The van der Waals surface area contributed by atoms with Gasteiger partial charge < -0.3 is 15.0 Å². The molecule has 1 aromatic rings. The molecule has 1 aromatic carbocycles. The molecule has 0 radical (unpaired) electrons. The van der Waals surface area contributed by atoms with Crippen LogP contribution in [-0.4, -0.2) is 67.0 Å². The van der Waals surface area contributed by atoms with E-state index in [1.807, 2.05) is 17.1 Å². The number of benzene rings is 1. The van der Waals surface area contributed by atoms with Crippen molar-refractivity contribution in [3.05, 3.63) is 42.2 Å². The third kappa shape index (κ3) is 4.05. The normalized spacial score (nSPS) is 24.4. The van der Waals surface area contributed by atoms with E-state index in [9.17, 15) is 14.0 Å². The summed E-state index contributed by atoms with van der Waals surface area (Å²) in [4.78, 5) is 28.5. The first kappa shape index (κ1) is 17.6. The molecule has 6 nitrogen and oxygen atoms in total. The average molecular weight is 347 g/mol. The van der Waals surface area contributed by atoms with E-state index < -0.39 is 5.60 Å². The number of anilines is 1. The minimum atomic E-state index is -0.920. The van der Waals surface area contributed by atoms with E-state index >= 15 is 0 Å². The number of halogens is 1. The van der Waals surface area contributed by atoms with E-state index in [1.165, 1.54) is 24.3 Å². The molecule has 0 bridgehead atoms. The van der Waals surface area contributed by atoms with Crippen LogP contribution in [0.1, 0.15) is 6.42 Å². The van der Waals surface area contributed by atoms with Crippen molar-refractivity contribution in [3.63, 3.8) is 0 Å². The first-order chi connectivity index (χ1) is 12.0. The van der Waals surface area contributed by atoms with Crippen LogP contribution >= 0.6 is 0 Å². The van der Waals surface area contributed by atoms with Gasteiger partial charge in [0.05, 0.1) is 13.2 Å². The number of nitrogens with zero attached hydrogens (tertiary/aromatic N) is 2. The van der Waals surface area contributed by atoms with Crippen LogP contribution in [0.4, 0.5) is 10.1 Å². The number of hydrogen-bond acceptors (Lipinski definition) is 4. The second-order valence-electron chi connectivity index (χ2n) is 6.47. The van der Waals surface area contributed by atoms with Crippen LogP contribution in [0.3, 0.4) is 0 Å². The summed E-state index contributed by atoms with van der Waals surface area (Å²) >= 11 is 0. The molecule has 134 valence electrons. The van der Waals surface area contributed by atoms with Crippen molar-refractivity contribution in [1.82, 2.24) is 9.80 Å². The molecule has 3 rings (SSSR count). The molecule has 1 spiro atoms. The first-order valence-corrected chi connectivity index (χ1v) is 8.31. The van der Waals surface area contributed by atoms with Gasteiger partial charge in [-0.1, -0.05) is 12.2 Å². The Hall–Kier alpha value is -2.25. The van der Waals surface area contributed by atoms with E-state index in [2.05, 4.69) is 5.32 Å². The van der Waals surface area contributed by atoms with Crippen LogP contribution in [0.25, 0.3) is 0 Å². The highest BCUT2D eigenvalue weighted by Crippen LogP contribution is 2.27. The maximum Gasteiger partial charge on any atom is 0.256 e. The number of morpholine rings is 1. The Bertz CT molecular complexity index is 677. The van der Waals surface area contributed by atoms with Crippen LogP contribution in [0, 0.1) is 5.82 Å². The number of amides is 2. The maximum absolute atomic E-state index is 12.9. The zero-order valence-electron chi connectivity index (χ0n) is 14.2. The van der Waals surface area contributed by atoms with Gasteiger partial charge in [-0.2, -0.15) is 0 Å². The van der Waals surface area contributed by atoms with Gasteiger partial charge in [0.1, 0.15) is 5.82 Å². The smallest absolute Gasteiger partial charge is 0.256 e. The number of nitrogens with one attached hydrogen (secondary N) is 1. The van der Waals surface area contributed by atoms with Gasteiger partial charge in [-0.05, 0) is 24.3 Å². The standard InChI is InChI=1S/C18H22FN3O3/c1-21-9-3-2-8-18(17(21)24)13-22(10-11-25-18)12-16(23)20-15-6-4-14(19)5-7-15/h2-7H,8-13H2,1H3,(H,20,23)/t18-/m1/s1. The highest BCUT2D eigenvalue weighted by Gasteiger charge is 2.45. The number of carbonyl (C=O) groups excluding carboxylic acids is 2. The van der Waals surface area contributed by atoms with E-state index in [4.69, 9.17) is 4.74 Å². The van der Waals surface area contributed by atoms with Gasteiger partial charge >= 0.3 is 0 Å². The third-order valence-corrected chi connectivity index (χ3v) is 4.49. The van der Waals surface area contributed by atoms with Crippen molar-refractivity contribution >= 4 is 17.5 Å². The molecule has 0 saturated carbocycles. The Morgan fingerprint density at radius 2 is 2.08 bits per heavy atom. The Balaban J connectivity index is 1.63. The molecule has 1 N–H and O–H groups in total. The third-order valence-electron chi connectivity index (χ3n) is 4.49. The van der Waals surface area contributed by atoms with Crippen LogP contribution < -0.4 is 5.32 Å². The molecular weight excluding hydrogens is 325 g/mol. The summed E-state index contributed by atoms with van der Waals surface area (Å²) in [6.07, 6.45) is 4.42. The van der Waals surface area contributed by atoms with Gasteiger partial charge in [0, 0.05) is 38.8 Å². The highest BCUT2D eigenvalue weighted by molar-refractivity contribution is 5.92. The minimum Gasteiger partial charge on any atom is -0.362 e. The number of carbonyl (C=O) groups is 2. The molecule has 0 unspecified atom stereocenters. The van der Waals surface area contributed by atoms with Crippen LogP contribution in [0.5, 0.6) is 0 Å². The van der Waals surface area contributed by atoms with E-state index in [1.54, 1.807) is 11.9 Å². The molecule has 0 aliphatic carbocycles. The van der Waals surface area contributed by atoms with Crippen LogP contribution in [0.2, 0.25) is 0 Å². The lowest BCUT2D eigenvalue weighted by Gasteiger charge is -2.41. The van der Waals surface area contributed by atoms with E-state index in [0.29, 0.717) is 38.3 Å². The van der Waals surface area contributed by atoms with Gasteiger partial charge in [-0.15, -0.1) is 0 Å². The van der Waals surface area contributed by atoms with Crippen molar-refractivity contribution in [2.75, 3.05) is 45.2 Å². The lowest BCUT2D eigenvalue weighted by molar-refractivity contribution is -0.168. The summed E-state index contributed by atoms with van der Waals surface area (Å²) in [5, 5.41) is 2.74. The highest BCUT2D eigenvalue weighted by atomic mass is 19.1. The molecule has 2 heterocycles. The molecule has 0 aromatic heterocycles. The van der Waals surface area contributed by atoms with Crippen molar-refractivity contribution in [2.24, 2.45) is 0 Å². The van der Waals surface area contributed by atoms with Crippen LogP contribution in [-0.2, 0) is 14.3 Å². The SMILES string of the molecule is CN1CC=CC[C@@]2(CN(CC(=O)Nc3ccc(F)cc3)CCO2)C1=O.